The van der Waals surface area contributed by atoms with Gasteiger partial charge in [0.15, 0.2) is 0 Å². The van der Waals surface area contributed by atoms with Crippen LogP contribution in [0.4, 0.5) is 4.39 Å². The molecule has 2 aromatic carbocycles. The number of hydrogen-bond donors (Lipinski definition) is 2. The minimum absolute atomic E-state index is 0.120. The molecular weight excluding hydrogens is 535 g/mol. The lowest BCUT2D eigenvalue weighted by molar-refractivity contribution is -0.144. The van der Waals surface area contributed by atoms with Crippen LogP contribution in [0.3, 0.4) is 0 Å². The summed E-state index contributed by atoms with van der Waals surface area (Å²) < 4.78 is 14.4. The molecule has 1 heterocycles. The predicted molar refractivity (Wildman–Crippen MR) is 138 cm³/mol. The zero-order valence-electron chi connectivity index (χ0n) is 19.3. The van der Waals surface area contributed by atoms with Crippen molar-refractivity contribution in [2.45, 2.75) is 44.7 Å². The van der Waals surface area contributed by atoms with Gasteiger partial charge in [-0.05, 0) is 90.1 Å². The number of aliphatic carboxylic acids is 1. The van der Waals surface area contributed by atoms with E-state index in [9.17, 15) is 23.9 Å². The van der Waals surface area contributed by atoms with Crippen LogP contribution < -0.4 is 5.73 Å². The van der Waals surface area contributed by atoms with Crippen molar-refractivity contribution in [3.63, 3.8) is 0 Å². The molecule has 3 N–H and O–H groups in total. The van der Waals surface area contributed by atoms with E-state index in [-0.39, 0.29) is 25.1 Å². The maximum absolute atomic E-state index is 13.8. The molecule has 0 radical (unpaired) electrons. The number of hydrogen-bond acceptors (Lipinski definition) is 4. The van der Waals surface area contributed by atoms with Crippen molar-refractivity contribution < 1.29 is 23.9 Å². The molecule has 184 valence electrons. The molecule has 0 bridgehead atoms. The summed E-state index contributed by atoms with van der Waals surface area (Å²) in [6, 6.07) is 15.4. The van der Waals surface area contributed by atoms with Gasteiger partial charge in [0.25, 0.3) is 5.91 Å². The van der Waals surface area contributed by atoms with Crippen molar-refractivity contribution in [2.24, 2.45) is 5.73 Å². The Morgan fingerprint density at radius 3 is 2.20 bits per heavy atom. The topological polar surface area (TPSA) is 101 Å². The van der Waals surface area contributed by atoms with Gasteiger partial charge < -0.3 is 15.7 Å². The van der Waals surface area contributed by atoms with E-state index in [0.717, 1.165) is 19.8 Å². The van der Waals surface area contributed by atoms with E-state index < -0.39 is 29.4 Å². The smallest absolute Gasteiger partial charge is 0.326 e. The predicted octanol–water partition coefficient (Wildman–Crippen LogP) is 5.50. The van der Waals surface area contributed by atoms with Crippen LogP contribution in [-0.2, 0) is 16.0 Å². The maximum atomic E-state index is 13.8. The van der Waals surface area contributed by atoms with Crippen molar-refractivity contribution in [3.8, 4) is 10.4 Å². The van der Waals surface area contributed by atoms with Crippen molar-refractivity contribution in [2.75, 3.05) is 0 Å². The quantitative estimate of drug-likeness (QED) is 0.342. The summed E-state index contributed by atoms with van der Waals surface area (Å²) in [5, 5.41) is 10.0. The Kier molecular flexibility index (Phi) is 8.45. The average Bonchev–Trinajstić information content (AvgIpc) is 3.23. The van der Waals surface area contributed by atoms with E-state index in [1.807, 2.05) is 24.3 Å². The molecule has 1 aromatic heterocycles. The molecule has 1 atom stereocenters. The van der Waals surface area contributed by atoms with Gasteiger partial charge in [-0.3, -0.25) is 9.59 Å². The Balaban J connectivity index is 1.98. The molecule has 0 aliphatic heterocycles. The van der Waals surface area contributed by atoms with Crippen LogP contribution in [0.2, 0.25) is 0 Å². The molecule has 0 saturated heterocycles. The second-order valence-corrected chi connectivity index (χ2v) is 11.3. The molecular formula is C26H26BrFN2O4S. The molecule has 6 nitrogen and oxygen atoms in total. The van der Waals surface area contributed by atoms with Crippen molar-refractivity contribution in [3.05, 3.63) is 81.4 Å². The molecule has 0 aliphatic rings. The number of nitrogens with zero attached hydrogens (tertiary/aromatic N) is 1. The van der Waals surface area contributed by atoms with E-state index in [1.54, 1.807) is 49.4 Å². The van der Waals surface area contributed by atoms with Gasteiger partial charge in [0.05, 0.1) is 3.79 Å². The summed E-state index contributed by atoms with van der Waals surface area (Å²) in [5.41, 5.74) is 6.29. The van der Waals surface area contributed by atoms with Crippen LogP contribution in [0.1, 0.15) is 42.6 Å². The van der Waals surface area contributed by atoms with E-state index in [0.29, 0.717) is 5.56 Å². The fraction of sp³-hybridized carbons (Fsp3) is 0.269. The Morgan fingerprint density at radius 2 is 1.69 bits per heavy atom. The first-order valence-electron chi connectivity index (χ1n) is 10.9. The minimum Gasteiger partial charge on any atom is -0.480 e. The SMILES string of the molecule is CC(C)(Cc1ccc(F)cc1)N(C(=O)c1ccc(-c2ccc(Br)s2)cc1)[C@@H](CCC(N)=O)C(=O)O. The van der Waals surface area contributed by atoms with Crippen LogP contribution in [0.25, 0.3) is 10.4 Å². The highest BCUT2D eigenvalue weighted by atomic mass is 79.9. The fourth-order valence-electron chi connectivity index (χ4n) is 4.05. The van der Waals surface area contributed by atoms with Gasteiger partial charge in [-0.2, -0.15) is 0 Å². The van der Waals surface area contributed by atoms with E-state index in [2.05, 4.69) is 15.9 Å². The maximum Gasteiger partial charge on any atom is 0.326 e. The number of carboxylic acids is 1. The molecule has 0 spiro atoms. The van der Waals surface area contributed by atoms with E-state index in [1.165, 1.54) is 17.0 Å². The van der Waals surface area contributed by atoms with Gasteiger partial charge in [0.2, 0.25) is 5.91 Å². The zero-order valence-corrected chi connectivity index (χ0v) is 21.7. The zero-order chi connectivity index (χ0) is 25.8. The van der Waals surface area contributed by atoms with Crippen LogP contribution in [0.5, 0.6) is 0 Å². The molecule has 3 aromatic rings. The number of benzene rings is 2. The first-order valence-corrected chi connectivity index (χ1v) is 12.5. The van der Waals surface area contributed by atoms with Crippen LogP contribution >= 0.6 is 27.3 Å². The molecule has 2 amide bonds. The van der Waals surface area contributed by atoms with Crippen molar-refractivity contribution in [1.82, 2.24) is 4.90 Å². The number of nitrogens with two attached hydrogens (primary N) is 1. The van der Waals surface area contributed by atoms with Crippen LogP contribution in [0, 0.1) is 5.82 Å². The highest BCUT2D eigenvalue weighted by Gasteiger charge is 2.40. The van der Waals surface area contributed by atoms with Gasteiger partial charge in [0.1, 0.15) is 11.9 Å². The van der Waals surface area contributed by atoms with Gasteiger partial charge >= 0.3 is 5.97 Å². The Labute approximate surface area is 215 Å². The highest BCUT2D eigenvalue weighted by molar-refractivity contribution is 9.11. The second kappa shape index (κ2) is 11.1. The number of amides is 2. The highest BCUT2D eigenvalue weighted by Crippen LogP contribution is 2.32. The number of carbonyl (C=O) groups excluding carboxylic acids is 2. The Bertz CT molecular complexity index is 1210. The molecule has 0 aliphatic carbocycles. The first kappa shape index (κ1) is 26.6. The van der Waals surface area contributed by atoms with E-state index >= 15 is 0 Å². The summed E-state index contributed by atoms with van der Waals surface area (Å²) in [4.78, 5) is 39.8. The van der Waals surface area contributed by atoms with Crippen molar-refractivity contribution in [1.29, 1.82) is 0 Å². The third-order valence-corrected chi connectivity index (χ3v) is 7.34. The molecule has 35 heavy (non-hydrogen) atoms. The molecule has 9 heteroatoms. The average molecular weight is 561 g/mol. The summed E-state index contributed by atoms with van der Waals surface area (Å²) in [6.45, 7) is 3.51. The monoisotopic (exact) mass is 560 g/mol. The van der Waals surface area contributed by atoms with Gasteiger partial charge in [0, 0.05) is 22.4 Å². The fourth-order valence-corrected chi connectivity index (χ4v) is 5.44. The Morgan fingerprint density at radius 1 is 1.06 bits per heavy atom. The third kappa shape index (κ3) is 6.76. The number of carboxylic acid groups (broad SMARTS) is 1. The number of primary amides is 1. The van der Waals surface area contributed by atoms with Crippen molar-refractivity contribution >= 4 is 45.1 Å². The molecule has 3 rings (SSSR count). The molecule has 0 unspecified atom stereocenters. The largest absolute Gasteiger partial charge is 0.480 e. The van der Waals surface area contributed by atoms with E-state index in [4.69, 9.17) is 5.73 Å². The number of rotatable bonds is 10. The normalized spacial score (nSPS) is 12.2. The molecule has 0 saturated carbocycles. The Hall–Kier alpha value is -3.04. The number of thiophene rings is 1. The second-order valence-electron chi connectivity index (χ2n) is 8.83. The lowest BCUT2D eigenvalue weighted by Gasteiger charge is -2.42. The summed E-state index contributed by atoms with van der Waals surface area (Å²) >= 11 is 5.00. The number of carbonyl (C=O) groups is 3. The van der Waals surface area contributed by atoms with Crippen LogP contribution in [0.15, 0.2) is 64.5 Å². The number of halogens is 2. The molecule has 0 fully saturated rings. The standard InChI is InChI=1S/C26H26BrFN2O4S/c1-26(2,15-16-3-9-19(28)10-4-16)30(20(25(33)34)11-14-23(29)31)24(32)18-7-5-17(6-8-18)21-12-13-22(27)35-21/h3-10,12-13,20H,11,14-15H2,1-2H3,(H2,29,31)(H,33,34)/t20-/m0/s1. The van der Waals surface area contributed by atoms with Gasteiger partial charge in [-0.15, -0.1) is 11.3 Å². The third-order valence-electron chi connectivity index (χ3n) is 5.67. The summed E-state index contributed by atoms with van der Waals surface area (Å²) in [5.74, 6) is -2.74. The van der Waals surface area contributed by atoms with Gasteiger partial charge in [-0.25, -0.2) is 9.18 Å². The lowest BCUT2D eigenvalue weighted by atomic mass is 9.89. The first-order chi connectivity index (χ1) is 16.5. The van der Waals surface area contributed by atoms with Crippen LogP contribution in [-0.4, -0.2) is 39.4 Å². The van der Waals surface area contributed by atoms with Gasteiger partial charge in [-0.1, -0.05) is 24.3 Å². The lowest BCUT2D eigenvalue weighted by Crippen LogP contribution is -2.57. The summed E-state index contributed by atoms with van der Waals surface area (Å²) in [6.07, 6.45) is -0.0230. The minimum atomic E-state index is -1.28. The summed E-state index contributed by atoms with van der Waals surface area (Å²) in [7, 11) is 0.